The minimum Gasteiger partial charge on any atom is -0.494 e. The van der Waals surface area contributed by atoms with Crippen LogP contribution in [-0.2, 0) is 11.3 Å². The molecular formula is C24H23N5O5. The van der Waals surface area contributed by atoms with E-state index in [4.69, 9.17) is 13.9 Å². The van der Waals surface area contributed by atoms with E-state index >= 15 is 0 Å². The number of amides is 1. The van der Waals surface area contributed by atoms with Crippen LogP contribution in [0.2, 0.25) is 0 Å². The second kappa shape index (κ2) is 10.9. The molecule has 0 saturated heterocycles. The molecule has 0 aliphatic heterocycles. The maximum Gasteiger partial charge on any atom is 0.254 e. The lowest BCUT2D eigenvalue weighted by molar-refractivity contribution is -0.121. The summed E-state index contributed by atoms with van der Waals surface area (Å²) < 4.78 is 17.4. The van der Waals surface area contributed by atoms with Gasteiger partial charge in [-0.2, -0.15) is 0 Å². The summed E-state index contributed by atoms with van der Waals surface area (Å²) in [5.74, 6) is 1.36. The summed E-state index contributed by atoms with van der Waals surface area (Å²) in [6.07, 6.45) is 2.92. The minimum atomic E-state index is -0.333. The number of benzene rings is 1. The van der Waals surface area contributed by atoms with Gasteiger partial charge < -0.3 is 19.2 Å². The molecule has 0 bridgehead atoms. The molecule has 4 rings (SSSR count). The number of nitrogens with zero attached hydrogens (tertiary/aromatic N) is 4. The Labute approximate surface area is 195 Å². The average Bonchev–Trinajstić information content (AvgIpc) is 3.39. The van der Waals surface area contributed by atoms with E-state index in [1.54, 1.807) is 30.5 Å². The van der Waals surface area contributed by atoms with Crippen molar-refractivity contribution in [3.05, 3.63) is 77.5 Å². The molecule has 10 nitrogen and oxygen atoms in total. The summed E-state index contributed by atoms with van der Waals surface area (Å²) in [5, 5.41) is 10.7. The standard InChI is InChI=1S/C24H23N5O5/c1-2-32-18-7-5-17(6-8-18)20-14-24(31)29(16-26-20)15-22(30)25-11-13-34-23-10-9-19(27-28-23)21-4-3-12-33-21/h3-10,12,14,16H,2,11,13,15H2,1H3,(H,25,30). The molecule has 0 aliphatic rings. The molecule has 174 valence electrons. The van der Waals surface area contributed by atoms with Crippen molar-refractivity contribution >= 4 is 5.91 Å². The zero-order chi connectivity index (χ0) is 23.8. The number of carbonyl (C=O) groups excluding carboxylic acids is 1. The van der Waals surface area contributed by atoms with E-state index in [1.807, 2.05) is 31.2 Å². The third-order valence-electron chi connectivity index (χ3n) is 4.74. The molecule has 3 heterocycles. The van der Waals surface area contributed by atoms with E-state index in [-0.39, 0.29) is 31.2 Å². The summed E-state index contributed by atoms with van der Waals surface area (Å²) in [5.41, 5.74) is 1.59. The first-order valence-corrected chi connectivity index (χ1v) is 10.7. The summed E-state index contributed by atoms with van der Waals surface area (Å²) in [4.78, 5) is 28.9. The van der Waals surface area contributed by atoms with Crippen molar-refractivity contribution in [2.45, 2.75) is 13.5 Å². The first kappa shape index (κ1) is 22.7. The maximum absolute atomic E-state index is 12.4. The predicted molar refractivity (Wildman–Crippen MR) is 123 cm³/mol. The molecule has 0 aliphatic carbocycles. The molecule has 0 radical (unpaired) electrons. The van der Waals surface area contributed by atoms with Gasteiger partial charge >= 0.3 is 0 Å². The van der Waals surface area contributed by atoms with Gasteiger partial charge in [-0.3, -0.25) is 14.2 Å². The Bertz CT molecular complexity index is 1270. The van der Waals surface area contributed by atoms with E-state index < -0.39 is 0 Å². The van der Waals surface area contributed by atoms with Gasteiger partial charge in [0.2, 0.25) is 11.8 Å². The molecular weight excluding hydrogens is 438 g/mol. The van der Waals surface area contributed by atoms with Gasteiger partial charge in [-0.15, -0.1) is 10.2 Å². The lowest BCUT2D eigenvalue weighted by Gasteiger charge is -2.09. The second-order valence-corrected chi connectivity index (χ2v) is 7.13. The zero-order valence-electron chi connectivity index (χ0n) is 18.5. The molecule has 1 aromatic carbocycles. The quantitative estimate of drug-likeness (QED) is 0.358. The van der Waals surface area contributed by atoms with Gasteiger partial charge in [-0.1, -0.05) is 0 Å². The number of rotatable bonds is 10. The van der Waals surface area contributed by atoms with Crippen LogP contribution >= 0.6 is 0 Å². The lowest BCUT2D eigenvalue weighted by Crippen LogP contribution is -2.34. The van der Waals surface area contributed by atoms with Crippen LogP contribution in [0.25, 0.3) is 22.7 Å². The van der Waals surface area contributed by atoms with Crippen molar-refractivity contribution in [2.75, 3.05) is 19.8 Å². The number of nitrogens with one attached hydrogen (secondary N) is 1. The van der Waals surface area contributed by atoms with Crippen LogP contribution in [0, 0.1) is 0 Å². The van der Waals surface area contributed by atoms with Crippen molar-refractivity contribution in [3.63, 3.8) is 0 Å². The smallest absolute Gasteiger partial charge is 0.254 e. The van der Waals surface area contributed by atoms with Crippen LogP contribution < -0.4 is 20.3 Å². The van der Waals surface area contributed by atoms with E-state index in [2.05, 4.69) is 20.5 Å². The number of hydrogen-bond donors (Lipinski definition) is 1. The third-order valence-corrected chi connectivity index (χ3v) is 4.74. The average molecular weight is 461 g/mol. The first-order chi connectivity index (χ1) is 16.6. The summed E-state index contributed by atoms with van der Waals surface area (Å²) in [6, 6.07) is 15.7. The van der Waals surface area contributed by atoms with Crippen LogP contribution in [0.1, 0.15) is 6.92 Å². The Morgan fingerprint density at radius 1 is 1.06 bits per heavy atom. The Hall–Kier alpha value is -4.47. The fourth-order valence-electron chi connectivity index (χ4n) is 3.10. The first-order valence-electron chi connectivity index (χ1n) is 10.7. The summed E-state index contributed by atoms with van der Waals surface area (Å²) >= 11 is 0. The van der Waals surface area contributed by atoms with E-state index in [0.717, 1.165) is 11.3 Å². The maximum atomic E-state index is 12.4. The summed E-state index contributed by atoms with van der Waals surface area (Å²) in [6.45, 7) is 2.79. The van der Waals surface area contributed by atoms with Gasteiger partial charge in [0.25, 0.3) is 5.56 Å². The van der Waals surface area contributed by atoms with Crippen molar-refractivity contribution in [1.82, 2.24) is 25.1 Å². The Balaban J connectivity index is 1.24. The minimum absolute atomic E-state index is 0.146. The van der Waals surface area contributed by atoms with Crippen LogP contribution in [0.3, 0.4) is 0 Å². The van der Waals surface area contributed by atoms with Gasteiger partial charge in [0.15, 0.2) is 5.76 Å². The molecule has 1 amide bonds. The molecule has 0 fully saturated rings. The van der Waals surface area contributed by atoms with E-state index in [9.17, 15) is 9.59 Å². The normalized spacial score (nSPS) is 10.6. The van der Waals surface area contributed by atoms with Crippen molar-refractivity contribution < 1.29 is 18.7 Å². The van der Waals surface area contributed by atoms with Gasteiger partial charge in [-0.05, 0) is 49.4 Å². The molecule has 0 atom stereocenters. The largest absolute Gasteiger partial charge is 0.494 e. The molecule has 0 saturated carbocycles. The number of ether oxygens (including phenoxy) is 2. The van der Waals surface area contributed by atoms with E-state index in [1.165, 1.54) is 17.0 Å². The van der Waals surface area contributed by atoms with Crippen LogP contribution in [0.4, 0.5) is 0 Å². The van der Waals surface area contributed by atoms with Gasteiger partial charge in [0.1, 0.15) is 24.6 Å². The molecule has 4 aromatic rings. The molecule has 0 spiro atoms. The van der Waals surface area contributed by atoms with Gasteiger partial charge in [-0.25, -0.2) is 4.98 Å². The highest BCUT2D eigenvalue weighted by Crippen LogP contribution is 2.20. The predicted octanol–water partition coefficient (Wildman–Crippen LogP) is 2.55. The SMILES string of the molecule is CCOc1ccc(-c2cc(=O)n(CC(=O)NCCOc3ccc(-c4ccco4)nn3)cn2)cc1. The van der Waals surface area contributed by atoms with Crippen molar-refractivity contribution in [3.8, 4) is 34.3 Å². The van der Waals surface area contributed by atoms with Crippen LogP contribution in [0.5, 0.6) is 11.6 Å². The number of carbonyl (C=O) groups is 1. The topological polar surface area (TPSA) is 121 Å². The Kier molecular flexibility index (Phi) is 7.28. The fraction of sp³-hybridized carbons (Fsp3) is 0.208. The Morgan fingerprint density at radius 2 is 1.91 bits per heavy atom. The highest BCUT2D eigenvalue weighted by atomic mass is 16.5. The number of aromatic nitrogens is 4. The van der Waals surface area contributed by atoms with Crippen molar-refractivity contribution in [2.24, 2.45) is 0 Å². The van der Waals surface area contributed by atoms with E-state index in [0.29, 0.717) is 29.6 Å². The third kappa shape index (κ3) is 5.85. The highest BCUT2D eigenvalue weighted by molar-refractivity contribution is 5.75. The van der Waals surface area contributed by atoms with Crippen LogP contribution in [0.15, 0.2) is 76.4 Å². The van der Waals surface area contributed by atoms with Gasteiger partial charge in [0, 0.05) is 17.7 Å². The molecule has 34 heavy (non-hydrogen) atoms. The van der Waals surface area contributed by atoms with Gasteiger partial charge in [0.05, 0.1) is 31.4 Å². The fourth-order valence-corrected chi connectivity index (χ4v) is 3.10. The zero-order valence-corrected chi connectivity index (χ0v) is 18.5. The molecule has 10 heteroatoms. The number of furan rings is 1. The lowest BCUT2D eigenvalue weighted by atomic mass is 10.1. The highest BCUT2D eigenvalue weighted by Gasteiger charge is 2.08. The molecule has 1 N–H and O–H groups in total. The van der Waals surface area contributed by atoms with Crippen molar-refractivity contribution in [1.29, 1.82) is 0 Å². The molecule has 3 aromatic heterocycles. The van der Waals surface area contributed by atoms with Crippen LogP contribution in [-0.4, -0.2) is 45.4 Å². The summed E-state index contributed by atoms with van der Waals surface area (Å²) in [7, 11) is 0. The second-order valence-electron chi connectivity index (χ2n) is 7.13. The number of hydrogen-bond acceptors (Lipinski definition) is 8. The monoisotopic (exact) mass is 461 g/mol. The molecule has 0 unspecified atom stereocenters. The Morgan fingerprint density at radius 3 is 2.59 bits per heavy atom.